The number of carbonyl (C=O) groups is 2. The Kier molecular flexibility index (Phi) is 4.35. The first-order valence-electron chi connectivity index (χ1n) is 10.9. The Bertz CT molecular complexity index is 1790. The molecule has 34 heavy (non-hydrogen) atoms. The third-order valence-electron chi connectivity index (χ3n) is 6.42. The number of nitrogens with one attached hydrogen (secondary N) is 2. The second-order valence-electron chi connectivity index (χ2n) is 8.33. The number of ketones is 1. The number of H-pyrrole nitrogens is 2. The number of nitrogens with zero attached hydrogens (tertiary/aromatic N) is 1. The Hall–Kier alpha value is -4.71. The number of hydrogen-bond acceptors (Lipinski definition) is 3. The van der Waals surface area contributed by atoms with Crippen molar-refractivity contribution in [1.82, 2.24) is 10.2 Å². The van der Waals surface area contributed by atoms with Gasteiger partial charge in [-0.2, -0.15) is 0 Å². The number of para-hydroxylation sites is 1. The van der Waals surface area contributed by atoms with Crippen LogP contribution in [0.15, 0.2) is 83.7 Å². The van der Waals surface area contributed by atoms with E-state index in [1.54, 1.807) is 37.4 Å². The van der Waals surface area contributed by atoms with Crippen molar-refractivity contribution in [3.8, 4) is 0 Å². The number of rotatable bonds is 1. The average molecular weight is 445 g/mol. The van der Waals surface area contributed by atoms with Crippen LogP contribution in [0.5, 0.6) is 0 Å². The topological polar surface area (TPSA) is 86.0 Å². The van der Waals surface area contributed by atoms with Crippen LogP contribution in [0.25, 0.3) is 33.2 Å². The SMILES string of the molecule is CN1C(=O)C(=c2[nH][nH]c(=O)/c2=C\c2c3ccccc3cc3ccccc23)C(=O)c2ccccc21. The lowest BCUT2D eigenvalue weighted by molar-refractivity contribution is -0.113. The number of aromatic nitrogens is 2. The average Bonchev–Trinajstić information content (AvgIpc) is 3.22. The molecule has 1 aliphatic rings. The van der Waals surface area contributed by atoms with Gasteiger partial charge in [0, 0.05) is 12.6 Å². The lowest BCUT2D eigenvalue weighted by Gasteiger charge is -2.25. The van der Waals surface area contributed by atoms with Gasteiger partial charge in [-0.05, 0) is 51.4 Å². The van der Waals surface area contributed by atoms with Gasteiger partial charge in [0.25, 0.3) is 11.5 Å². The molecule has 6 rings (SSSR count). The Labute approximate surface area is 193 Å². The van der Waals surface area contributed by atoms with E-state index in [-0.39, 0.29) is 16.1 Å². The predicted molar refractivity (Wildman–Crippen MR) is 133 cm³/mol. The van der Waals surface area contributed by atoms with Gasteiger partial charge < -0.3 is 4.90 Å². The number of anilines is 1. The quantitative estimate of drug-likeness (QED) is 0.389. The number of amides is 1. The van der Waals surface area contributed by atoms with Crippen LogP contribution in [-0.4, -0.2) is 28.9 Å². The van der Waals surface area contributed by atoms with Gasteiger partial charge in [0.05, 0.1) is 16.3 Å². The van der Waals surface area contributed by atoms with Crippen molar-refractivity contribution < 1.29 is 9.59 Å². The minimum atomic E-state index is -0.462. The minimum absolute atomic E-state index is 0.0599. The van der Waals surface area contributed by atoms with Crippen LogP contribution in [0, 0.1) is 0 Å². The van der Waals surface area contributed by atoms with E-state index in [0.717, 1.165) is 27.1 Å². The molecule has 164 valence electrons. The van der Waals surface area contributed by atoms with E-state index in [1.807, 2.05) is 48.5 Å². The standard InChI is InChI=1S/C28H19N3O3/c1-31-23-13-7-6-12-20(23)26(32)24(28(31)34)25-22(27(33)30-29-25)15-21-18-10-4-2-8-16(18)14-17-9-3-5-11-19(17)21/h2-15,29H,1H3,(H,30,33)/b22-15-,25-24?. The molecule has 0 atom stereocenters. The molecule has 1 aromatic heterocycles. The van der Waals surface area contributed by atoms with E-state index < -0.39 is 17.2 Å². The fourth-order valence-electron chi connectivity index (χ4n) is 4.74. The Morgan fingerprint density at radius 1 is 0.765 bits per heavy atom. The van der Waals surface area contributed by atoms with Crippen LogP contribution in [0.3, 0.4) is 0 Å². The van der Waals surface area contributed by atoms with Crippen molar-refractivity contribution in [2.45, 2.75) is 0 Å². The molecule has 1 amide bonds. The van der Waals surface area contributed by atoms with Crippen molar-refractivity contribution in [3.05, 3.63) is 111 Å². The maximum atomic E-state index is 13.4. The van der Waals surface area contributed by atoms with Crippen LogP contribution in [0.1, 0.15) is 15.9 Å². The molecular formula is C28H19N3O3. The summed E-state index contributed by atoms with van der Waals surface area (Å²) in [6, 6.07) is 25.0. The third kappa shape index (κ3) is 2.85. The lowest BCUT2D eigenvalue weighted by atomic mass is 9.94. The van der Waals surface area contributed by atoms with Crippen LogP contribution in [0.2, 0.25) is 0 Å². The zero-order valence-corrected chi connectivity index (χ0v) is 18.3. The van der Waals surface area contributed by atoms with Gasteiger partial charge in [0.1, 0.15) is 5.57 Å². The van der Waals surface area contributed by atoms with E-state index in [4.69, 9.17) is 0 Å². The fourth-order valence-corrected chi connectivity index (χ4v) is 4.74. The first kappa shape index (κ1) is 19.9. The van der Waals surface area contributed by atoms with Crippen molar-refractivity contribution in [1.29, 1.82) is 0 Å². The van der Waals surface area contributed by atoms with Crippen molar-refractivity contribution in [2.24, 2.45) is 0 Å². The van der Waals surface area contributed by atoms with Gasteiger partial charge in [-0.3, -0.25) is 24.6 Å². The largest absolute Gasteiger partial charge is 0.310 e. The third-order valence-corrected chi connectivity index (χ3v) is 6.42. The molecule has 1 aliphatic heterocycles. The van der Waals surface area contributed by atoms with Gasteiger partial charge in [0.15, 0.2) is 0 Å². The molecule has 0 aliphatic carbocycles. The summed E-state index contributed by atoms with van der Waals surface area (Å²) in [6.07, 6.45) is 1.77. The Balaban J connectivity index is 1.74. The van der Waals surface area contributed by atoms with Crippen molar-refractivity contribution >= 4 is 50.6 Å². The van der Waals surface area contributed by atoms with Crippen LogP contribution >= 0.6 is 0 Å². The molecule has 2 heterocycles. The molecule has 2 N–H and O–H groups in total. The Morgan fingerprint density at radius 2 is 1.38 bits per heavy atom. The number of hydrogen-bond donors (Lipinski definition) is 2. The number of aromatic amines is 2. The van der Waals surface area contributed by atoms with E-state index >= 15 is 0 Å². The molecule has 5 aromatic rings. The second-order valence-corrected chi connectivity index (χ2v) is 8.33. The van der Waals surface area contributed by atoms with Crippen LogP contribution in [0.4, 0.5) is 5.69 Å². The summed E-state index contributed by atoms with van der Waals surface area (Å²) in [5, 5.41) is 9.82. The maximum Gasteiger partial charge on any atom is 0.271 e. The van der Waals surface area contributed by atoms with E-state index in [2.05, 4.69) is 16.3 Å². The highest BCUT2D eigenvalue weighted by Gasteiger charge is 2.33. The summed E-state index contributed by atoms with van der Waals surface area (Å²) >= 11 is 0. The number of Topliss-reactive ketones (excluding diaryl/α,β-unsaturated/α-hetero) is 1. The minimum Gasteiger partial charge on any atom is -0.310 e. The summed E-state index contributed by atoms with van der Waals surface area (Å²) in [6.45, 7) is 0. The molecule has 0 saturated heterocycles. The van der Waals surface area contributed by atoms with E-state index in [9.17, 15) is 14.4 Å². The van der Waals surface area contributed by atoms with E-state index in [1.165, 1.54) is 4.90 Å². The monoisotopic (exact) mass is 445 g/mol. The van der Waals surface area contributed by atoms with Gasteiger partial charge in [0.2, 0.25) is 5.78 Å². The lowest BCUT2D eigenvalue weighted by Crippen LogP contribution is -2.44. The normalized spacial score (nSPS) is 15.9. The molecule has 6 heteroatoms. The van der Waals surface area contributed by atoms with E-state index in [0.29, 0.717) is 11.3 Å². The molecular weight excluding hydrogens is 426 g/mol. The molecule has 0 fully saturated rings. The molecule has 0 radical (unpaired) electrons. The molecule has 0 saturated carbocycles. The Morgan fingerprint density at radius 3 is 2.09 bits per heavy atom. The molecule has 0 spiro atoms. The molecule has 0 bridgehead atoms. The summed E-state index contributed by atoms with van der Waals surface area (Å²) in [5.74, 6) is -0.872. The summed E-state index contributed by atoms with van der Waals surface area (Å²) in [4.78, 5) is 41.0. The predicted octanol–water partition coefficient (Wildman–Crippen LogP) is 2.85. The summed E-state index contributed by atoms with van der Waals surface area (Å²) < 4.78 is 0. The zero-order chi connectivity index (χ0) is 23.4. The maximum absolute atomic E-state index is 13.4. The number of fused-ring (bicyclic) bond motifs is 3. The summed E-state index contributed by atoms with van der Waals surface area (Å²) in [5.41, 5.74) is 1.36. The second kappa shape index (κ2) is 7.42. The van der Waals surface area contributed by atoms with Crippen LogP contribution < -0.4 is 21.0 Å². The first-order chi connectivity index (χ1) is 16.5. The molecule has 0 unspecified atom stereocenters. The highest BCUT2D eigenvalue weighted by atomic mass is 16.2. The smallest absolute Gasteiger partial charge is 0.271 e. The molecule has 4 aromatic carbocycles. The zero-order valence-electron chi connectivity index (χ0n) is 18.3. The van der Waals surface area contributed by atoms with Crippen molar-refractivity contribution in [3.63, 3.8) is 0 Å². The summed E-state index contributed by atoms with van der Waals surface area (Å²) in [7, 11) is 1.62. The van der Waals surface area contributed by atoms with Crippen LogP contribution in [-0.2, 0) is 4.79 Å². The molecule has 6 nitrogen and oxygen atoms in total. The van der Waals surface area contributed by atoms with Gasteiger partial charge in [-0.15, -0.1) is 0 Å². The van der Waals surface area contributed by atoms with Crippen molar-refractivity contribution in [2.75, 3.05) is 11.9 Å². The number of benzene rings is 4. The highest BCUT2D eigenvalue weighted by molar-refractivity contribution is 6.51. The number of carbonyl (C=O) groups excluding carboxylic acids is 2. The van der Waals surface area contributed by atoms with Gasteiger partial charge >= 0.3 is 0 Å². The van der Waals surface area contributed by atoms with Gasteiger partial charge in [-0.1, -0.05) is 60.7 Å². The first-order valence-corrected chi connectivity index (χ1v) is 10.9. The fraction of sp³-hybridized carbons (Fsp3) is 0.0357. The highest BCUT2D eigenvalue weighted by Crippen LogP contribution is 2.30. The van der Waals surface area contributed by atoms with Gasteiger partial charge in [-0.25, -0.2) is 0 Å².